The van der Waals surface area contributed by atoms with E-state index in [0.717, 1.165) is 25.9 Å². The third-order valence-corrected chi connectivity index (χ3v) is 4.43. The zero-order chi connectivity index (χ0) is 18.4. The van der Waals surface area contributed by atoms with Crippen LogP contribution in [0.25, 0.3) is 11.4 Å². The zero-order valence-corrected chi connectivity index (χ0v) is 15.0. The molecular formula is C19H24FN3O3. The first-order valence-electron chi connectivity index (χ1n) is 9.14. The van der Waals surface area contributed by atoms with Crippen LogP contribution in [0.3, 0.4) is 0 Å². The molecule has 1 aromatic heterocycles. The summed E-state index contributed by atoms with van der Waals surface area (Å²) in [7, 11) is 0. The fourth-order valence-electron chi connectivity index (χ4n) is 3.10. The van der Waals surface area contributed by atoms with Crippen molar-refractivity contribution in [1.82, 2.24) is 15.0 Å². The summed E-state index contributed by atoms with van der Waals surface area (Å²) in [5, 5.41) is 3.82. The first kappa shape index (κ1) is 18.5. The van der Waals surface area contributed by atoms with Crippen molar-refractivity contribution in [2.75, 3.05) is 19.7 Å². The van der Waals surface area contributed by atoms with Crippen LogP contribution in [0.4, 0.5) is 4.39 Å². The Kier molecular flexibility index (Phi) is 6.33. The van der Waals surface area contributed by atoms with Gasteiger partial charge in [0.1, 0.15) is 5.82 Å². The average molecular weight is 361 g/mol. The van der Waals surface area contributed by atoms with Crippen molar-refractivity contribution in [3.8, 4) is 11.4 Å². The number of aromatic nitrogens is 2. The molecule has 1 aliphatic rings. The van der Waals surface area contributed by atoms with Crippen LogP contribution >= 0.6 is 0 Å². The minimum Gasteiger partial charge on any atom is -0.376 e. The van der Waals surface area contributed by atoms with E-state index in [0.29, 0.717) is 31.0 Å². The van der Waals surface area contributed by atoms with Gasteiger partial charge >= 0.3 is 0 Å². The SMILES string of the molecule is CCCN(C[C@@H]1CCCO1)C(=O)CCc1nc(-c2ccccc2F)no1. The molecule has 0 spiro atoms. The van der Waals surface area contributed by atoms with Gasteiger partial charge in [-0.1, -0.05) is 24.2 Å². The van der Waals surface area contributed by atoms with E-state index in [-0.39, 0.29) is 24.3 Å². The number of ether oxygens (including phenoxy) is 1. The Morgan fingerprint density at radius 3 is 2.96 bits per heavy atom. The van der Waals surface area contributed by atoms with Gasteiger partial charge in [0.15, 0.2) is 0 Å². The molecule has 1 aliphatic heterocycles. The van der Waals surface area contributed by atoms with E-state index in [1.807, 2.05) is 4.90 Å². The Balaban J connectivity index is 1.57. The summed E-state index contributed by atoms with van der Waals surface area (Å²) < 4.78 is 24.6. The number of rotatable bonds is 8. The van der Waals surface area contributed by atoms with Gasteiger partial charge in [-0.25, -0.2) is 4.39 Å². The number of halogens is 1. The van der Waals surface area contributed by atoms with Gasteiger partial charge in [-0.15, -0.1) is 0 Å². The van der Waals surface area contributed by atoms with Crippen LogP contribution in [-0.4, -0.2) is 46.7 Å². The lowest BCUT2D eigenvalue weighted by atomic mass is 10.2. The average Bonchev–Trinajstić information content (AvgIpc) is 3.31. The van der Waals surface area contributed by atoms with Crippen molar-refractivity contribution >= 4 is 5.91 Å². The molecule has 2 heterocycles. The molecule has 140 valence electrons. The molecule has 0 radical (unpaired) electrons. The Labute approximate surface area is 152 Å². The van der Waals surface area contributed by atoms with Crippen LogP contribution in [0.5, 0.6) is 0 Å². The molecule has 26 heavy (non-hydrogen) atoms. The van der Waals surface area contributed by atoms with Gasteiger partial charge in [0.05, 0.1) is 11.7 Å². The Hall–Kier alpha value is -2.28. The second-order valence-corrected chi connectivity index (χ2v) is 6.47. The van der Waals surface area contributed by atoms with E-state index in [1.54, 1.807) is 18.2 Å². The smallest absolute Gasteiger partial charge is 0.227 e. The quantitative estimate of drug-likeness (QED) is 0.722. The summed E-state index contributed by atoms with van der Waals surface area (Å²) >= 11 is 0. The van der Waals surface area contributed by atoms with Crippen LogP contribution in [0.15, 0.2) is 28.8 Å². The lowest BCUT2D eigenvalue weighted by Crippen LogP contribution is -2.38. The topological polar surface area (TPSA) is 68.5 Å². The van der Waals surface area contributed by atoms with Crippen molar-refractivity contribution < 1.29 is 18.4 Å². The molecule has 0 bridgehead atoms. The van der Waals surface area contributed by atoms with Crippen LogP contribution in [0.1, 0.15) is 38.5 Å². The molecule has 1 amide bonds. The number of aryl methyl sites for hydroxylation is 1. The Bertz CT molecular complexity index is 728. The number of amides is 1. The summed E-state index contributed by atoms with van der Waals surface area (Å²) in [5.74, 6) is 0.190. The van der Waals surface area contributed by atoms with Crippen LogP contribution < -0.4 is 0 Å². The molecule has 3 rings (SSSR count). The summed E-state index contributed by atoms with van der Waals surface area (Å²) in [4.78, 5) is 18.6. The first-order valence-corrected chi connectivity index (χ1v) is 9.14. The van der Waals surface area contributed by atoms with Gasteiger partial charge in [-0.2, -0.15) is 4.98 Å². The molecule has 1 aromatic carbocycles. The predicted molar refractivity (Wildman–Crippen MR) is 93.9 cm³/mol. The maximum atomic E-state index is 13.8. The van der Waals surface area contributed by atoms with E-state index < -0.39 is 5.82 Å². The minimum absolute atomic E-state index is 0.0491. The molecule has 1 saturated heterocycles. The molecular weight excluding hydrogens is 337 g/mol. The van der Waals surface area contributed by atoms with Gasteiger partial charge in [-0.3, -0.25) is 4.79 Å². The normalized spacial score (nSPS) is 16.8. The van der Waals surface area contributed by atoms with Crippen LogP contribution in [-0.2, 0) is 16.0 Å². The van der Waals surface area contributed by atoms with E-state index in [4.69, 9.17) is 9.26 Å². The molecule has 0 aliphatic carbocycles. The van der Waals surface area contributed by atoms with E-state index >= 15 is 0 Å². The standard InChI is InChI=1S/C19H24FN3O3/c1-2-11-23(13-14-6-5-12-25-14)18(24)10-9-17-21-19(22-26-17)15-7-3-4-8-16(15)20/h3-4,7-8,14H,2,5-6,9-13H2,1H3/t14-/m0/s1. The third kappa shape index (κ3) is 4.66. The third-order valence-electron chi connectivity index (χ3n) is 4.43. The summed E-state index contributed by atoms with van der Waals surface area (Å²) in [5.41, 5.74) is 0.291. The molecule has 0 unspecified atom stereocenters. The molecule has 6 nitrogen and oxygen atoms in total. The highest BCUT2D eigenvalue weighted by Gasteiger charge is 2.22. The molecule has 0 saturated carbocycles. The maximum absolute atomic E-state index is 13.8. The molecule has 7 heteroatoms. The second kappa shape index (κ2) is 8.89. The van der Waals surface area contributed by atoms with E-state index in [1.165, 1.54) is 6.07 Å². The lowest BCUT2D eigenvalue weighted by Gasteiger charge is -2.24. The summed E-state index contributed by atoms with van der Waals surface area (Å²) in [6.45, 7) is 4.17. The summed E-state index contributed by atoms with van der Waals surface area (Å²) in [6.07, 6.45) is 3.72. The van der Waals surface area contributed by atoms with E-state index in [2.05, 4.69) is 17.1 Å². The Morgan fingerprint density at radius 1 is 1.38 bits per heavy atom. The van der Waals surface area contributed by atoms with Crippen molar-refractivity contribution in [1.29, 1.82) is 0 Å². The molecule has 2 aromatic rings. The maximum Gasteiger partial charge on any atom is 0.227 e. The first-order chi connectivity index (χ1) is 12.7. The number of hydrogen-bond donors (Lipinski definition) is 0. The fraction of sp³-hybridized carbons (Fsp3) is 0.526. The number of carbonyl (C=O) groups excluding carboxylic acids is 1. The Morgan fingerprint density at radius 2 is 2.23 bits per heavy atom. The zero-order valence-electron chi connectivity index (χ0n) is 15.0. The van der Waals surface area contributed by atoms with Crippen LogP contribution in [0, 0.1) is 5.82 Å². The predicted octanol–water partition coefficient (Wildman–Crippen LogP) is 3.23. The summed E-state index contributed by atoms with van der Waals surface area (Å²) in [6, 6.07) is 6.27. The highest BCUT2D eigenvalue weighted by molar-refractivity contribution is 5.76. The van der Waals surface area contributed by atoms with Gasteiger partial charge < -0.3 is 14.2 Å². The number of benzene rings is 1. The number of hydrogen-bond acceptors (Lipinski definition) is 5. The molecule has 1 atom stereocenters. The highest BCUT2D eigenvalue weighted by atomic mass is 19.1. The fourth-order valence-corrected chi connectivity index (χ4v) is 3.10. The van der Waals surface area contributed by atoms with Crippen molar-refractivity contribution in [3.63, 3.8) is 0 Å². The highest BCUT2D eigenvalue weighted by Crippen LogP contribution is 2.20. The largest absolute Gasteiger partial charge is 0.376 e. The van der Waals surface area contributed by atoms with Gasteiger partial charge in [0, 0.05) is 32.5 Å². The van der Waals surface area contributed by atoms with Gasteiger partial charge in [-0.05, 0) is 31.4 Å². The monoisotopic (exact) mass is 361 g/mol. The van der Waals surface area contributed by atoms with Crippen molar-refractivity contribution in [2.45, 2.75) is 45.1 Å². The van der Waals surface area contributed by atoms with Gasteiger partial charge in [0.25, 0.3) is 0 Å². The number of carbonyl (C=O) groups is 1. The minimum atomic E-state index is -0.401. The second-order valence-electron chi connectivity index (χ2n) is 6.47. The molecule has 1 fully saturated rings. The van der Waals surface area contributed by atoms with Gasteiger partial charge in [0.2, 0.25) is 17.6 Å². The van der Waals surface area contributed by atoms with E-state index in [9.17, 15) is 9.18 Å². The van der Waals surface area contributed by atoms with Crippen LogP contribution in [0.2, 0.25) is 0 Å². The van der Waals surface area contributed by atoms with Crippen molar-refractivity contribution in [3.05, 3.63) is 36.0 Å². The molecule has 0 N–H and O–H groups in total. The number of nitrogens with zero attached hydrogens (tertiary/aromatic N) is 3. The van der Waals surface area contributed by atoms with Crippen molar-refractivity contribution in [2.24, 2.45) is 0 Å². The lowest BCUT2D eigenvalue weighted by molar-refractivity contribution is -0.132.